The predicted molar refractivity (Wildman–Crippen MR) is 125 cm³/mol. The van der Waals surface area contributed by atoms with Gasteiger partial charge >= 0.3 is 0 Å². The molecule has 1 aliphatic rings. The SMILES string of the molecule is CNC(=O)c1ccc(N2CCN(Cc3ccc4c([nH]c(=O)c5cccnc54)c3F)CC2)c(F)n1. The molecule has 0 spiro atoms. The van der Waals surface area contributed by atoms with Crippen LogP contribution in [0.15, 0.2) is 47.4 Å². The second-order valence-electron chi connectivity index (χ2n) is 8.16. The number of fused-ring (bicyclic) bond motifs is 3. The average molecular weight is 464 g/mol. The smallest absolute Gasteiger partial charge is 0.269 e. The van der Waals surface area contributed by atoms with Crippen molar-refractivity contribution in [2.75, 3.05) is 38.1 Å². The number of halogens is 2. The van der Waals surface area contributed by atoms with Gasteiger partial charge in [-0.3, -0.25) is 19.5 Å². The lowest BCUT2D eigenvalue weighted by molar-refractivity contribution is 0.0957. The van der Waals surface area contributed by atoms with Gasteiger partial charge in [0, 0.05) is 56.9 Å². The molecule has 34 heavy (non-hydrogen) atoms. The first-order valence-electron chi connectivity index (χ1n) is 10.9. The number of H-pyrrole nitrogens is 1. The first kappa shape index (κ1) is 21.9. The second-order valence-corrected chi connectivity index (χ2v) is 8.16. The van der Waals surface area contributed by atoms with Crippen LogP contribution in [0.2, 0.25) is 0 Å². The van der Waals surface area contributed by atoms with Gasteiger partial charge in [-0.25, -0.2) is 9.37 Å². The Hall–Kier alpha value is -3.92. The fourth-order valence-corrected chi connectivity index (χ4v) is 4.35. The van der Waals surface area contributed by atoms with Crippen LogP contribution in [0.4, 0.5) is 14.5 Å². The Kier molecular flexibility index (Phi) is 5.66. The van der Waals surface area contributed by atoms with Crippen LogP contribution in [0.5, 0.6) is 0 Å². The summed E-state index contributed by atoms with van der Waals surface area (Å²) in [4.78, 5) is 38.6. The maximum atomic E-state index is 15.3. The van der Waals surface area contributed by atoms with Crippen LogP contribution in [0, 0.1) is 11.8 Å². The molecule has 0 saturated carbocycles. The van der Waals surface area contributed by atoms with Crippen LogP contribution < -0.4 is 15.8 Å². The molecule has 1 amide bonds. The molecule has 0 unspecified atom stereocenters. The summed E-state index contributed by atoms with van der Waals surface area (Å²) in [7, 11) is 1.46. The number of amides is 1. The molecule has 0 aliphatic carbocycles. The topological polar surface area (TPSA) is 94.2 Å². The van der Waals surface area contributed by atoms with Gasteiger partial charge in [0.25, 0.3) is 11.5 Å². The van der Waals surface area contributed by atoms with E-state index in [9.17, 15) is 14.0 Å². The number of nitrogens with one attached hydrogen (secondary N) is 2. The van der Waals surface area contributed by atoms with E-state index in [-0.39, 0.29) is 16.8 Å². The van der Waals surface area contributed by atoms with Gasteiger partial charge in [0.15, 0.2) is 5.82 Å². The second kappa shape index (κ2) is 8.79. The van der Waals surface area contributed by atoms with Crippen molar-refractivity contribution in [3.05, 3.63) is 76.0 Å². The number of piperazine rings is 1. The maximum Gasteiger partial charge on any atom is 0.269 e. The number of carbonyl (C=O) groups is 1. The minimum atomic E-state index is -0.695. The Balaban J connectivity index is 1.32. The number of aromatic amines is 1. The Morgan fingerprint density at radius 2 is 1.88 bits per heavy atom. The zero-order valence-electron chi connectivity index (χ0n) is 18.4. The van der Waals surface area contributed by atoms with Gasteiger partial charge in [0.05, 0.1) is 22.1 Å². The van der Waals surface area contributed by atoms with Crippen molar-refractivity contribution in [1.29, 1.82) is 0 Å². The van der Waals surface area contributed by atoms with Gasteiger partial charge < -0.3 is 15.2 Å². The largest absolute Gasteiger partial charge is 0.365 e. The first-order chi connectivity index (χ1) is 16.5. The summed E-state index contributed by atoms with van der Waals surface area (Å²) in [6.07, 6.45) is 1.58. The standard InChI is InChI=1S/C24H22F2N6O2/c1-27-24(34)17-6-7-18(22(26)29-17)32-11-9-31(10-12-32)13-14-4-5-15-20-16(3-2-8-28-20)23(33)30-21(15)19(14)25/h2-8H,9-13H2,1H3,(H,27,34)(H,30,33). The summed E-state index contributed by atoms with van der Waals surface area (Å²) in [5, 5.41) is 3.40. The number of hydrogen-bond donors (Lipinski definition) is 2. The van der Waals surface area contributed by atoms with E-state index in [1.807, 2.05) is 4.90 Å². The van der Waals surface area contributed by atoms with Crippen LogP contribution in [0.3, 0.4) is 0 Å². The van der Waals surface area contributed by atoms with Crippen LogP contribution in [0.1, 0.15) is 16.1 Å². The van der Waals surface area contributed by atoms with Crippen LogP contribution in [-0.2, 0) is 6.54 Å². The van der Waals surface area contributed by atoms with E-state index < -0.39 is 17.7 Å². The molecule has 1 aliphatic heterocycles. The Morgan fingerprint density at radius 1 is 1.09 bits per heavy atom. The third kappa shape index (κ3) is 3.86. The number of rotatable bonds is 4. The van der Waals surface area contributed by atoms with Gasteiger partial charge in [-0.1, -0.05) is 12.1 Å². The molecule has 0 bridgehead atoms. The lowest BCUT2D eigenvalue weighted by Gasteiger charge is -2.36. The number of pyridine rings is 3. The van der Waals surface area contributed by atoms with E-state index in [1.54, 1.807) is 36.5 Å². The molecule has 1 fully saturated rings. The van der Waals surface area contributed by atoms with Crippen molar-refractivity contribution in [3.8, 4) is 0 Å². The van der Waals surface area contributed by atoms with Gasteiger partial charge in [0.2, 0.25) is 5.95 Å². The number of aromatic nitrogens is 3. The minimum absolute atomic E-state index is 0.0233. The van der Waals surface area contributed by atoms with E-state index in [1.165, 1.54) is 13.1 Å². The monoisotopic (exact) mass is 464 g/mol. The molecule has 174 valence electrons. The van der Waals surface area contributed by atoms with Crippen molar-refractivity contribution in [1.82, 2.24) is 25.2 Å². The van der Waals surface area contributed by atoms with E-state index in [4.69, 9.17) is 0 Å². The molecule has 4 aromatic rings. The van der Waals surface area contributed by atoms with E-state index >= 15 is 4.39 Å². The molecule has 1 aromatic carbocycles. The Bertz CT molecular complexity index is 1460. The lowest BCUT2D eigenvalue weighted by atomic mass is 10.1. The fourth-order valence-electron chi connectivity index (χ4n) is 4.35. The molecular formula is C24H22F2N6O2. The number of anilines is 1. The molecule has 0 radical (unpaired) electrons. The molecular weight excluding hydrogens is 442 g/mol. The maximum absolute atomic E-state index is 15.3. The van der Waals surface area contributed by atoms with Crippen molar-refractivity contribution in [2.24, 2.45) is 0 Å². The van der Waals surface area contributed by atoms with E-state index in [0.717, 1.165) is 0 Å². The fraction of sp³-hybridized carbons (Fsp3) is 0.250. The number of carbonyl (C=O) groups excluding carboxylic acids is 1. The summed E-state index contributed by atoms with van der Waals surface area (Å²) in [5.41, 5.74) is 1.07. The Morgan fingerprint density at radius 3 is 2.62 bits per heavy atom. The zero-order valence-corrected chi connectivity index (χ0v) is 18.4. The predicted octanol–water partition coefficient (Wildman–Crippen LogP) is 2.43. The third-order valence-corrected chi connectivity index (χ3v) is 6.16. The van der Waals surface area contributed by atoms with E-state index in [2.05, 4.69) is 25.2 Å². The van der Waals surface area contributed by atoms with Crippen LogP contribution in [0.25, 0.3) is 21.8 Å². The minimum Gasteiger partial charge on any atom is -0.365 e. The van der Waals surface area contributed by atoms with Crippen LogP contribution in [-0.4, -0.2) is 59.0 Å². The summed E-state index contributed by atoms with van der Waals surface area (Å²) < 4.78 is 29.8. The van der Waals surface area contributed by atoms with Gasteiger partial charge in [-0.05, 0) is 24.3 Å². The highest BCUT2D eigenvalue weighted by Crippen LogP contribution is 2.25. The van der Waals surface area contributed by atoms with Crippen molar-refractivity contribution < 1.29 is 13.6 Å². The first-order valence-corrected chi connectivity index (χ1v) is 10.9. The summed E-state index contributed by atoms with van der Waals surface area (Å²) in [6, 6.07) is 9.89. The lowest BCUT2D eigenvalue weighted by Crippen LogP contribution is -2.46. The quantitative estimate of drug-likeness (QED) is 0.356. The highest BCUT2D eigenvalue weighted by molar-refractivity contribution is 6.03. The number of benzene rings is 1. The molecule has 3 aromatic heterocycles. The average Bonchev–Trinajstić information content (AvgIpc) is 2.86. The number of nitrogens with zero attached hydrogens (tertiary/aromatic N) is 4. The van der Waals surface area contributed by atoms with Gasteiger partial charge in [-0.2, -0.15) is 4.39 Å². The van der Waals surface area contributed by atoms with Gasteiger partial charge in [-0.15, -0.1) is 0 Å². The van der Waals surface area contributed by atoms with Crippen LogP contribution >= 0.6 is 0 Å². The molecule has 2 N–H and O–H groups in total. The third-order valence-electron chi connectivity index (χ3n) is 6.16. The highest BCUT2D eigenvalue weighted by Gasteiger charge is 2.23. The van der Waals surface area contributed by atoms with E-state index in [0.29, 0.717) is 60.3 Å². The summed E-state index contributed by atoms with van der Waals surface area (Å²) >= 11 is 0. The van der Waals surface area contributed by atoms with Gasteiger partial charge in [0.1, 0.15) is 5.69 Å². The summed E-state index contributed by atoms with van der Waals surface area (Å²) in [6.45, 7) is 2.58. The zero-order chi connectivity index (χ0) is 23.8. The molecule has 8 nitrogen and oxygen atoms in total. The van der Waals surface area contributed by atoms with Crippen molar-refractivity contribution in [3.63, 3.8) is 0 Å². The molecule has 10 heteroatoms. The van der Waals surface area contributed by atoms with Crippen molar-refractivity contribution in [2.45, 2.75) is 6.54 Å². The van der Waals surface area contributed by atoms with Crippen molar-refractivity contribution >= 4 is 33.4 Å². The highest BCUT2D eigenvalue weighted by atomic mass is 19.1. The number of hydrogen-bond acceptors (Lipinski definition) is 6. The molecule has 4 heterocycles. The molecule has 1 saturated heterocycles. The molecule has 5 rings (SSSR count). The Labute approximate surface area is 193 Å². The normalized spacial score (nSPS) is 14.6. The summed E-state index contributed by atoms with van der Waals surface area (Å²) in [5.74, 6) is -1.61. The molecule has 0 atom stereocenters.